The third-order valence-corrected chi connectivity index (χ3v) is 7.59. The molecule has 1 atom stereocenters. The molecule has 0 aliphatic carbocycles. The molecule has 1 amide bonds. The number of carbonyl (C=O) groups excluding carboxylic acids is 1. The van der Waals surface area contributed by atoms with Crippen LogP contribution in [0.4, 0.5) is 0 Å². The number of H-pyrrole nitrogens is 1. The van der Waals surface area contributed by atoms with Gasteiger partial charge in [-0.25, -0.2) is 8.42 Å². The minimum Gasteiger partial charge on any atom is -0.378 e. The molecule has 0 saturated carbocycles. The number of hydrogen-bond donors (Lipinski definition) is 2. The van der Waals surface area contributed by atoms with Crippen LogP contribution in [0.2, 0.25) is 0 Å². The molecular formula is C17H27N3O4S2. The van der Waals surface area contributed by atoms with Crippen molar-refractivity contribution in [3.8, 4) is 0 Å². The first-order chi connectivity index (χ1) is 12.6. The van der Waals surface area contributed by atoms with Crippen molar-refractivity contribution in [2.75, 3.05) is 37.7 Å². The molecule has 1 aromatic rings. The molecule has 2 aliphatic heterocycles. The quantitative estimate of drug-likeness (QED) is 0.680. The van der Waals surface area contributed by atoms with Gasteiger partial charge in [-0.2, -0.15) is 16.1 Å². The van der Waals surface area contributed by atoms with Crippen LogP contribution in [-0.4, -0.2) is 67.5 Å². The Morgan fingerprint density at radius 3 is 2.88 bits per heavy atom. The Kier molecular flexibility index (Phi) is 7.02. The van der Waals surface area contributed by atoms with Crippen LogP contribution in [-0.2, 0) is 14.8 Å². The minimum atomic E-state index is -3.52. The maximum atomic E-state index is 12.6. The van der Waals surface area contributed by atoms with Crippen molar-refractivity contribution in [1.82, 2.24) is 14.6 Å². The van der Waals surface area contributed by atoms with E-state index in [1.54, 1.807) is 11.8 Å². The van der Waals surface area contributed by atoms with Gasteiger partial charge in [-0.3, -0.25) is 4.79 Å². The summed E-state index contributed by atoms with van der Waals surface area (Å²) in [7, 11) is -3.52. The lowest BCUT2D eigenvalue weighted by atomic mass is 10.0. The standard InChI is InChI=1S/C17H27N3O4S2/c21-17(18-6-3-5-14-4-1-2-9-24-14)16-12-15(13-19-16)26(22,23)20-7-10-25-11-8-20/h12-14,19H,1-11H2,(H,18,21)/t14-/m0/s1. The first-order valence-electron chi connectivity index (χ1n) is 9.23. The molecule has 2 N–H and O–H groups in total. The molecule has 2 saturated heterocycles. The van der Waals surface area contributed by atoms with E-state index in [-0.39, 0.29) is 16.5 Å². The molecule has 0 aromatic carbocycles. The number of ether oxygens (including phenoxy) is 1. The molecule has 9 heteroatoms. The van der Waals surface area contributed by atoms with Crippen molar-refractivity contribution in [2.45, 2.75) is 43.1 Å². The number of thioether (sulfide) groups is 1. The van der Waals surface area contributed by atoms with Crippen molar-refractivity contribution in [3.63, 3.8) is 0 Å². The van der Waals surface area contributed by atoms with Gasteiger partial charge in [0.1, 0.15) is 10.6 Å². The normalized spacial score (nSPS) is 22.2. The van der Waals surface area contributed by atoms with Crippen LogP contribution in [0.3, 0.4) is 0 Å². The van der Waals surface area contributed by atoms with E-state index in [0.717, 1.165) is 43.8 Å². The van der Waals surface area contributed by atoms with E-state index < -0.39 is 10.0 Å². The van der Waals surface area contributed by atoms with Crippen molar-refractivity contribution in [3.05, 3.63) is 18.0 Å². The van der Waals surface area contributed by atoms with Gasteiger partial charge in [0, 0.05) is 43.9 Å². The summed E-state index contributed by atoms with van der Waals surface area (Å²) in [6.07, 6.45) is 6.97. The van der Waals surface area contributed by atoms with Crippen LogP contribution in [0.15, 0.2) is 17.2 Å². The Labute approximate surface area is 159 Å². The van der Waals surface area contributed by atoms with Crippen LogP contribution in [0, 0.1) is 0 Å². The van der Waals surface area contributed by atoms with E-state index in [4.69, 9.17) is 4.74 Å². The van der Waals surface area contributed by atoms with Gasteiger partial charge < -0.3 is 15.0 Å². The zero-order chi connectivity index (χ0) is 18.4. The molecule has 7 nitrogen and oxygen atoms in total. The first-order valence-corrected chi connectivity index (χ1v) is 11.8. The number of aromatic amines is 1. The smallest absolute Gasteiger partial charge is 0.267 e. The highest BCUT2D eigenvalue weighted by atomic mass is 32.2. The Morgan fingerprint density at radius 1 is 1.35 bits per heavy atom. The third kappa shape index (κ3) is 5.03. The van der Waals surface area contributed by atoms with Crippen molar-refractivity contribution >= 4 is 27.7 Å². The number of nitrogens with zero attached hydrogens (tertiary/aromatic N) is 1. The van der Waals surface area contributed by atoms with Gasteiger partial charge in [-0.1, -0.05) is 0 Å². The fourth-order valence-electron chi connectivity index (χ4n) is 3.25. The fraction of sp³-hybridized carbons (Fsp3) is 0.706. The van der Waals surface area contributed by atoms with Crippen LogP contribution >= 0.6 is 11.8 Å². The number of rotatable bonds is 7. The summed E-state index contributed by atoms with van der Waals surface area (Å²) in [6.45, 7) is 2.43. The van der Waals surface area contributed by atoms with Crippen LogP contribution in [0.1, 0.15) is 42.6 Å². The van der Waals surface area contributed by atoms with Crippen molar-refractivity contribution < 1.29 is 17.9 Å². The maximum absolute atomic E-state index is 12.6. The molecule has 0 radical (unpaired) electrons. The molecule has 3 rings (SSSR count). The van der Waals surface area contributed by atoms with Crippen molar-refractivity contribution in [2.24, 2.45) is 0 Å². The zero-order valence-corrected chi connectivity index (χ0v) is 16.5. The number of amides is 1. The second-order valence-corrected chi connectivity index (χ2v) is 9.81. The maximum Gasteiger partial charge on any atom is 0.267 e. The monoisotopic (exact) mass is 401 g/mol. The van der Waals surface area contributed by atoms with E-state index in [9.17, 15) is 13.2 Å². The summed E-state index contributed by atoms with van der Waals surface area (Å²) in [5.74, 6) is 1.34. The third-order valence-electron chi connectivity index (χ3n) is 4.77. The van der Waals surface area contributed by atoms with Gasteiger partial charge in [-0.05, 0) is 38.2 Å². The minimum absolute atomic E-state index is 0.158. The number of carbonyl (C=O) groups is 1. The number of sulfonamides is 1. The van der Waals surface area contributed by atoms with Gasteiger partial charge in [0.15, 0.2) is 0 Å². The average molecular weight is 402 g/mol. The highest BCUT2D eigenvalue weighted by Crippen LogP contribution is 2.21. The van der Waals surface area contributed by atoms with Gasteiger partial charge >= 0.3 is 0 Å². The van der Waals surface area contributed by atoms with Crippen molar-refractivity contribution in [1.29, 1.82) is 0 Å². The highest BCUT2D eigenvalue weighted by molar-refractivity contribution is 7.99. The molecule has 0 spiro atoms. The second-order valence-electron chi connectivity index (χ2n) is 6.65. The highest BCUT2D eigenvalue weighted by Gasteiger charge is 2.27. The summed E-state index contributed by atoms with van der Waals surface area (Å²) in [4.78, 5) is 15.2. The Hall–Kier alpha value is -1.03. The predicted molar refractivity (Wildman–Crippen MR) is 102 cm³/mol. The van der Waals surface area contributed by atoms with Gasteiger partial charge in [-0.15, -0.1) is 0 Å². The van der Waals surface area contributed by atoms with E-state index in [2.05, 4.69) is 10.3 Å². The van der Waals surface area contributed by atoms with Crippen LogP contribution < -0.4 is 5.32 Å². The zero-order valence-electron chi connectivity index (χ0n) is 14.9. The lowest BCUT2D eigenvalue weighted by Crippen LogP contribution is -2.37. The molecule has 146 valence electrons. The van der Waals surface area contributed by atoms with E-state index in [1.165, 1.54) is 23.0 Å². The summed E-state index contributed by atoms with van der Waals surface area (Å²) >= 11 is 1.75. The Balaban J connectivity index is 1.48. The molecule has 2 fully saturated rings. The molecule has 0 unspecified atom stereocenters. The van der Waals surface area contributed by atoms with Gasteiger partial charge in [0.25, 0.3) is 5.91 Å². The molecule has 2 aliphatic rings. The molecular weight excluding hydrogens is 374 g/mol. The predicted octanol–water partition coefficient (Wildman–Crippen LogP) is 1.83. The second kappa shape index (κ2) is 9.25. The van der Waals surface area contributed by atoms with Crippen LogP contribution in [0.25, 0.3) is 0 Å². The molecule has 0 bridgehead atoms. The van der Waals surface area contributed by atoms with E-state index >= 15 is 0 Å². The molecule has 1 aromatic heterocycles. The summed E-state index contributed by atoms with van der Waals surface area (Å²) < 4.78 is 32.4. The number of aromatic nitrogens is 1. The summed E-state index contributed by atoms with van der Waals surface area (Å²) in [5.41, 5.74) is 0.281. The SMILES string of the molecule is O=C(NCCC[C@@H]1CCCCO1)c1cc(S(=O)(=O)N2CCSCC2)c[nH]1. The van der Waals surface area contributed by atoms with E-state index in [0.29, 0.717) is 25.7 Å². The average Bonchev–Trinajstić information content (AvgIpc) is 3.18. The fourth-order valence-corrected chi connectivity index (χ4v) is 5.82. The van der Waals surface area contributed by atoms with Gasteiger partial charge in [0.2, 0.25) is 10.0 Å². The first kappa shape index (κ1) is 19.7. The Bertz CT molecular complexity index is 693. The number of nitrogens with one attached hydrogen (secondary N) is 2. The molecule has 3 heterocycles. The largest absolute Gasteiger partial charge is 0.378 e. The lowest BCUT2D eigenvalue weighted by molar-refractivity contribution is 0.0102. The topological polar surface area (TPSA) is 91.5 Å². The van der Waals surface area contributed by atoms with Crippen LogP contribution in [0.5, 0.6) is 0 Å². The Morgan fingerprint density at radius 2 is 2.15 bits per heavy atom. The molecule has 26 heavy (non-hydrogen) atoms. The summed E-state index contributed by atoms with van der Waals surface area (Å²) in [5, 5.41) is 2.85. The number of hydrogen-bond acceptors (Lipinski definition) is 5. The summed E-state index contributed by atoms with van der Waals surface area (Å²) in [6, 6.07) is 1.43. The van der Waals surface area contributed by atoms with E-state index in [1.807, 2.05) is 0 Å². The van der Waals surface area contributed by atoms with Gasteiger partial charge in [0.05, 0.1) is 6.10 Å². The lowest BCUT2D eigenvalue weighted by Gasteiger charge is -2.24.